The fraction of sp³-hybridized carbons (Fsp3) is 0.333. The first-order valence-electron chi connectivity index (χ1n) is 7.64. The molecule has 1 heterocycles. The Kier molecular flexibility index (Phi) is 3.11. The molecular formula is C15H12N4O6. The van der Waals surface area contributed by atoms with Crippen LogP contribution in [0, 0.1) is 43.9 Å². The molecule has 128 valence electrons. The summed E-state index contributed by atoms with van der Waals surface area (Å²) in [5.74, 6) is -1.87. The number of carbonyl (C=O) groups is 2. The van der Waals surface area contributed by atoms with Crippen molar-refractivity contribution in [2.45, 2.75) is 6.42 Å². The Balaban J connectivity index is 1.76. The van der Waals surface area contributed by atoms with Crippen molar-refractivity contribution < 1.29 is 19.4 Å². The topological polar surface area (TPSA) is 136 Å². The number of anilines is 1. The van der Waals surface area contributed by atoms with Gasteiger partial charge in [-0.05, 0) is 24.3 Å². The number of allylic oxidation sites excluding steroid dienone is 2. The highest BCUT2D eigenvalue weighted by Crippen LogP contribution is 2.50. The quantitative estimate of drug-likeness (QED) is 0.499. The number of amides is 2. The Morgan fingerprint density at radius 1 is 1.04 bits per heavy atom. The maximum absolute atomic E-state index is 12.9. The van der Waals surface area contributed by atoms with Crippen LogP contribution in [0.2, 0.25) is 0 Å². The third-order valence-electron chi connectivity index (χ3n) is 5.10. The van der Waals surface area contributed by atoms with Gasteiger partial charge >= 0.3 is 5.69 Å². The first kappa shape index (κ1) is 15.2. The van der Waals surface area contributed by atoms with Crippen LogP contribution in [-0.2, 0) is 9.59 Å². The zero-order valence-electron chi connectivity index (χ0n) is 12.7. The first-order chi connectivity index (χ1) is 11.9. The molecule has 1 saturated heterocycles. The summed E-state index contributed by atoms with van der Waals surface area (Å²) in [6, 6.07) is 2.95. The fourth-order valence-corrected chi connectivity index (χ4v) is 4.04. The molecule has 2 amide bonds. The van der Waals surface area contributed by atoms with Gasteiger partial charge in [0.1, 0.15) is 5.69 Å². The smallest absolute Gasteiger partial charge is 0.273 e. The van der Waals surface area contributed by atoms with Gasteiger partial charge in [0.2, 0.25) is 11.8 Å². The summed E-state index contributed by atoms with van der Waals surface area (Å²) in [7, 11) is 0. The van der Waals surface area contributed by atoms with Gasteiger partial charge < -0.3 is 0 Å². The lowest BCUT2D eigenvalue weighted by Crippen LogP contribution is -2.60. The molecule has 4 atom stereocenters. The number of nitrogens with one attached hydrogen (secondary N) is 1. The lowest BCUT2D eigenvalue weighted by molar-refractivity contribution is -0.393. The van der Waals surface area contributed by atoms with E-state index < -0.39 is 39.0 Å². The van der Waals surface area contributed by atoms with Crippen LogP contribution in [0.15, 0.2) is 30.4 Å². The highest BCUT2D eigenvalue weighted by atomic mass is 16.6. The Hall–Kier alpha value is -3.30. The molecule has 0 unspecified atom stereocenters. The second-order valence-corrected chi connectivity index (χ2v) is 6.34. The fourth-order valence-electron chi connectivity index (χ4n) is 4.04. The van der Waals surface area contributed by atoms with Gasteiger partial charge in [-0.1, -0.05) is 12.2 Å². The van der Waals surface area contributed by atoms with Crippen molar-refractivity contribution in [3.63, 3.8) is 0 Å². The van der Waals surface area contributed by atoms with Crippen molar-refractivity contribution in [3.8, 4) is 0 Å². The molecule has 2 aliphatic carbocycles. The van der Waals surface area contributed by atoms with Crippen molar-refractivity contribution in [1.29, 1.82) is 0 Å². The van der Waals surface area contributed by atoms with Gasteiger partial charge in [0.25, 0.3) is 5.69 Å². The largest absolute Gasteiger partial charge is 0.301 e. The molecular weight excluding hydrogens is 332 g/mol. The number of hydrazine groups is 1. The molecule has 1 aromatic carbocycles. The van der Waals surface area contributed by atoms with Crippen LogP contribution in [0.25, 0.3) is 0 Å². The molecule has 1 aliphatic heterocycles. The third-order valence-corrected chi connectivity index (χ3v) is 5.10. The molecule has 3 aliphatic rings. The second-order valence-electron chi connectivity index (χ2n) is 6.34. The summed E-state index contributed by atoms with van der Waals surface area (Å²) < 4.78 is 0. The van der Waals surface area contributed by atoms with E-state index >= 15 is 0 Å². The number of rotatable bonds is 3. The van der Waals surface area contributed by atoms with E-state index in [0.29, 0.717) is 6.42 Å². The normalized spacial score (nSPS) is 29.5. The zero-order valence-corrected chi connectivity index (χ0v) is 12.7. The van der Waals surface area contributed by atoms with Gasteiger partial charge in [0, 0.05) is 6.07 Å². The maximum Gasteiger partial charge on any atom is 0.301 e. The maximum atomic E-state index is 12.9. The minimum absolute atomic E-state index is 0.00736. The van der Waals surface area contributed by atoms with Crippen LogP contribution in [0.5, 0.6) is 0 Å². The molecule has 0 aromatic heterocycles. The van der Waals surface area contributed by atoms with E-state index in [0.717, 1.165) is 23.2 Å². The molecule has 0 spiro atoms. The Morgan fingerprint density at radius 2 is 1.72 bits per heavy atom. The van der Waals surface area contributed by atoms with Crippen molar-refractivity contribution in [1.82, 2.24) is 5.43 Å². The van der Waals surface area contributed by atoms with Crippen molar-refractivity contribution in [2.75, 3.05) is 5.01 Å². The van der Waals surface area contributed by atoms with Crippen LogP contribution in [0.3, 0.4) is 0 Å². The van der Waals surface area contributed by atoms with E-state index in [1.807, 2.05) is 12.2 Å². The van der Waals surface area contributed by atoms with Gasteiger partial charge in [-0.25, -0.2) is 5.01 Å². The number of fused-ring (bicyclic) bond motifs is 5. The molecule has 1 N–H and O–H groups in total. The van der Waals surface area contributed by atoms with Crippen molar-refractivity contribution >= 4 is 28.9 Å². The summed E-state index contributed by atoms with van der Waals surface area (Å²) in [6.45, 7) is 0. The number of benzene rings is 1. The molecule has 0 radical (unpaired) electrons. The highest BCUT2D eigenvalue weighted by molar-refractivity contribution is 6.06. The summed E-state index contributed by atoms with van der Waals surface area (Å²) in [4.78, 5) is 45.9. The molecule has 4 rings (SSSR count). The number of nitro groups is 2. The Labute approximate surface area is 140 Å². The number of hydrogen-bond acceptors (Lipinski definition) is 6. The Morgan fingerprint density at radius 3 is 2.36 bits per heavy atom. The Bertz CT molecular complexity index is 866. The molecule has 1 saturated carbocycles. The van der Waals surface area contributed by atoms with Crippen molar-refractivity contribution in [3.05, 3.63) is 50.6 Å². The minimum atomic E-state index is -0.811. The average Bonchev–Trinajstić information content (AvgIpc) is 3.19. The molecule has 1 aromatic rings. The first-order valence-corrected chi connectivity index (χ1v) is 7.64. The highest BCUT2D eigenvalue weighted by Gasteiger charge is 2.56. The third kappa shape index (κ3) is 2.10. The number of nitrogens with zero attached hydrogens (tertiary/aromatic N) is 3. The van der Waals surface area contributed by atoms with Crippen LogP contribution in [0.4, 0.5) is 17.1 Å². The van der Waals surface area contributed by atoms with Crippen LogP contribution < -0.4 is 10.4 Å². The average molecular weight is 344 g/mol. The monoisotopic (exact) mass is 344 g/mol. The van der Waals surface area contributed by atoms with Gasteiger partial charge in [-0.15, -0.1) is 0 Å². The standard InChI is InChI=1S/C15H12N4O6/c20-14-12-7-1-2-8(5-7)13(12)15(21)17(16-14)10-4-3-9(18(22)23)6-11(10)19(24)25/h1-4,6-8,12-13H,5H2,(H,16,20)/t7-,8-,12+,13-/m0/s1. The van der Waals surface area contributed by atoms with E-state index in [-0.39, 0.29) is 23.4 Å². The van der Waals surface area contributed by atoms with Crippen LogP contribution in [0.1, 0.15) is 6.42 Å². The van der Waals surface area contributed by atoms with Gasteiger partial charge in [0.05, 0.1) is 27.7 Å². The predicted molar refractivity (Wildman–Crippen MR) is 83.1 cm³/mol. The summed E-state index contributed by atoms with van der Waals surface area (Å²) in [6.07, 6.45) is 4.55. The number of non-ortho nitro benzene ring substituents is 1. The van der Waals surface area contributed by atoms with Crippen LogP contribution >= 0.6 is 0 Å². The lowest BCUT2D eigenvalue weighted by Gasteiger charge is -2.37. The number of carbonyl (C=O) groups excluding carboxylic acids is 2. The number of hydrogen-bond donors (Lipinski definition) is 1. The van der Waals surface area contributed by atoms with E-state index in [2.05, 4.69) is 5.43 Å². The van der Waals surface area contributed by atoms with Crippen LogP contribution in [-0.4, -0.2) is 21.7 Å². The summed E-state index contributed by atoms with van der Waals surface area (Å²) in [5, 5.41) is 23.0. The SMILES string of the molecule is O=C1NN(c2ccc([N+](=O)[O-])cc2[N+](=O)[O-])C(=O)[C@@H]2[C@H]1[C@H]1C=C[C@H]2C1. The molecule has 10 nitrogen and oxygen atoms in total. The summed E-state index contributed by atoms with van der Waals surface area (Å²) >= 11 is 0. The van der Waals surface area contributed by atoms with Gasteiger partial charge in [0.15, 0.2) is 0 Å². The summed E-state index contributed by atoms with van der Waals surface area (Å²) in [5.41, 5.74) is 1.16. The molecule has 2 bridgehead atoms. The number of nitro benzene ring substituents is 2. The molecule has 25 heavy (non-hydrogen) atoms. The van der Waals surface area contributed by atoms with E-state index in [1.165, 1.54) is 0 Å². The minimum Gasteiger partial charge on any atom is -0.273 e. The predicted octanol–water partition coefficient (Wildman–Crippen LogP) is 1.32. The van der Waals surface area contributed by atoms with Gasteiger partial charge in [-0.3, -0.25) is 35.2 Å². The van der Waals surface area contributed by atoms with E-state index in [1.54, 1.807) is 0 Å². The van der Waals surface area contributed by atoms with E-state index in [9.17, 15) is 29.8 Å². The molecule has 10 heteroatoms. The van der Waals surface area contributed by atoms with Gasteiger partial charge in [-0.2, -0.15) is 0 Å². The second kappa shape index (κ2) is 5.10. The molecule has 2 fully saturated rings. The lowest BCUT2D eigenvalue weighted by atomic mass is 9.80. The van der Waals surface area contributed by atoms with E-state index in [4.69, 9.17) is 0 Å². The zero-order chi connectivity index (χ0) is 17.9. The van der Waals surface area contributed by atoms with Crippen molar-refractivity contribution in [2.24, 2.45) is 23.7 Å².